The molecule has 5 heteroatoms. The van der Waals surface area contributed by atoms with Crippen LogP contribution in [0.2, 0.25) is 5.02 Å². The van der Waals surface area contributed by atoms with Crippen molar-refractivity contribution in [3.05, 3.63) is 34.9 Å². The first-order valence-corrected chi connectivity index (χ1v) is 7.93. The van der Waals surface area contributed by atoms with Gasteiger partial charge in [-0.1, -0.05) is 23.7 Å². The topological polar surface area (TPSA) is 46.2 Å². The van der Waals surface area contributed by atoms with E-state index in [1.165, 1.54) is 5.56 Å². The molecule has 0 radical (unpaired) electrons. The predicted octanol–water partition coefficient (Wildman–Crippen LogP) is 2.01. The molecule has 0 saturated carbocycles. The van der Waals surface area contributed by atoms with E-state index >= 15 is 0 Å². The zero-order valence-corrected chi connectivity index (χ0v) is 11.1. The third-order valence-corrected chi connectivity index (χ3v) is 5.03. The molecule has 1 aromatic carbocycles. The van der Waals surface area contributed by atoms with Gasteiger partial charge < -0.3 is 5.32 Å². The summed E-state index contributed by atoms with van der Waals surface area (Å²) in [5.41, 5.74) is 1.17. The van der Waals surface area contributed by atoms with Crippen LogP contribution in [0.1, 0.15) is 18.4 Å². The maximum absolute atomic E-state index is 11.3. The van der Waals surface area contributed by atoms with Crippen molar-refractivity contribution in [2.24, 2.45) is 0 Å². The van der Waals surface area contributed by atoms with Gasteiger partial charge in [0.2, 0.25) is 0 Å². The van der Waals surface area contributed by atoms with Crippen LogP contribution in [0, 0.1) is 0 Å². The Labute approximate surface area is 107 Å². The van der Waals surface area contributed by atoms with Crippen LogP contribution in [-0.2, 0) is 16.4 Å². The fourth-order valence-corrected chi connectivity index (χ4v) is 3.58. The van der Waals surface area contributed by atoms with Gasteiger partial charge in [0.1, 0.15) is 9.84 Å². The van der Waals surface area contributed by atoms with E-state index in [-0.39, 0.29) is 0 Å². The molecule has 0 bridgehead atoms. The van der Waals surface area contributed by atoms with E-state index in [2.05, 4.69) is 5.32 Å². The summed E-state index contributed by atoms with van der Waals surface area (Å²) in [5, 5.41) is 4.12. The molecule has 17 heavy (non-hydrogen) atoms. The summed E-state index contributed by atoms with van der Waals surface area (Å²) in [6.07, 6.45) is 1.44. The molecule has 0 amide bonds. The summed E-state index contributed by atoms with van der Waals surface area (Å²) in [7, 11) is -2.76. The van der Waals surface area contributed by atoms with Crippen molar-refractivity contribution < 1.29 is 8.42 Å². The lowest BCUT2D eigenvalue weighted by Gasteiger charge is -2.23. The normalized spacial score (nSPS) is 20.3. The number of rotatable bonds is 3. The minimum Gasteiger partial charge on any atom is -0.310 e. The average Bonchev–Trinajstić information content (AvgIpc) is 2.30. The van der Waals surface area contributed by atoms with Gasteiger partial charge in [-0.15, -0.1) is 0 Å². The van der Waals surface area contributed by atoms with Crippen molar-refractivity contribution in [2.45, 2.75) is 25.4 Å². The van der Waals surface area contributed by atoms with Gasteiger partial charge in [0, 0.05) is 17.6 Å². The maximum Gasteiger partial charge on any atom is 0.150 e. The lowest BCUT2D eigenvalue weighted by Crippen LogP contribution is -2.37. The minimum absolute atomic E-state index is 0.311. The monoisotopic (exact) mass is 273 g/mol. The summed E-state index contributed by atoms with van der Waals surface area (Å²) in [6, 6.07) is 8.01. The molecule has 0 unspecified atom stereocenters. The van der Waals surface area contributed by atoms with Gasteiger partial charge in [0.25, 0.3) is 0 Å². The third-order valence-electron chi connectivity index (χ3n) is 3.06. The standard InChI is InChI=1S/C12H16ClNO2S/c13-11-3-1-10(2-4-11)9-14-12-5-7-17(15,16)8-6-12/h1-4,12,14H,5-9H2. The second kappa shape index (κ2) is 5.38. The van der Waals surface area contributed by atoms with Crippen molar-refractivity contribution in [1.29, 1.82) is 0 Å². The van der Waals surface area contributed by atoms with Crippen LogP contribution in [0.15, 0.2) is 24.3 Å². The zero-order valence-electron chi connectivity index (χ0n) is 9.52. The van der Waals surface area contributed by atoms with Gasteiger partial charge in [-0.2, -0.15) is 0 Å². The molecular weight excluding hydrogens is 258 g/mol. The van der Waals surface area contributed by atoms with Gasteiger partial charge in [-0.25, -0.2) is 8.42 Å². The Morgan fingerprint density at radius 3 is 2.35 bits per heavy atom. The molecule has 1 aliphatic rings. The lowest BCUT2D eigenvalue weighted by molar-refractivity contribution is 0.463. The van der Waals surface area contributed by atoms with Crippen molar-refractivity contribution in [3.63, 3.8) is 0 Å². The van der Waals surface area contributed by atoms with Crippen LogP contribution in [0.5, 0.6) is 0 Å². The van der Waals surface area contributed by atoms with Gasteiger partial charge in [0.15, 0.2) is 0 Å². The highest BCUT2D eigenvalue weighted by Gasteiger charge is 2.22. The van der Waals surface area contributed by atoms with Crippen LogP contribution in [0.3, 0.4) is 0 Å². The first-order chi connectivity index (χ1) is 8.05. The molecule has 1 fully saturated rings. The zero-order chi connectivity index (χ0) is 12.3. The van der Waals surface area contributed by atoms with Gasteiger partial charge in [-0.05, 0) is 30.5 Å². The molecule has 1 heterocycles. The fraction of sp³-hybridized carbons (Fsp3) is 0.500. The fourth-order valence-electron chi connectivity index (χ4n) is 1.96. The first-order valence-electron chi connectivity index (χ1n) is 5.73. The Morgan fingerprint density at radius 2 is 1.76 bits per heavy atom. The first kappa shape index (κ1) is 12.9. The lowest BCUT2D eigenvalue weighted by atomic mass is 10.1. The van der Waals surface area contributed by atoms with Gasteiger partial charge >= 0.3 is 0 Å². The van der Waals surface area contributed by atoms with E-state index in [1.807, 2.05) is 24.3 Å². The molecule has 2 rings (SSSR count). The van der Waals surface area contributed by atoms with Crippen LogP contribution in [-0.4, -0.2) is 26.0 Å². The minimum atomic E-state index is -2.76. The van der Waals surface area contributed by atoms with Crippen LogP contribution >= 0.6 is 11.6 Å². The van der Waals surface area contributed by atoms with Crippen LogP contribution < -0.4 is 5.32 Å². The summed E-state index contributed by atoms with van der Waals surface area (Å²) in [5.74, 6) is 0.622. The highest BCUT2D eigenvalue weighted by atomic mass is 35.5. The molecule has 0 atom stereocenters. The van der Waals surface area contributed by atoms with Crippen molar-refractivity contribution in [1.82, 2.24) is 5.32 Å². The van der Waals surface area contributed by atoms with Crippen molar-refractivity contribution in [2.75, 3.05) is 11.5 Å². The van der Waals surface area contributed by atoms with Gasteiger partial charge in [-0.3, -0.25) is 0 Å². The highest BCUT2D eigenvalue weighted by Crippen LogP contribution is 2.14. The van der Waals surface area contributed by atoms with E-state index in [0.717, 1.165) is 24.4 Å². The predicted molar refractivity (Wildman–Crippen MR) is 70.0 cm³/mol. The molecular formula is C12H16ClNO2S. The Hall–Kier alpha value is -0.580. The smallest absolute Gasteiger partial charge is 0.150 e. The molecule has 1 N–H and O–H groups in total. The SMILES string of the molecule is O=S1(=O)CCC(NCc2ccc(Cl)cc2)CC1. The molecule has 0 aromatic heterocycles. The number of benzene rings is 1. The highest BCUT2D eigenvalue weighted by molar-refractivity contribution is 7.91. The number of halogens is 1. The van der Waals surface area contributed by atoms with E-state index in [9.17, 15) is 8.42 Å². The molecule has 0 aliphatic carbocycles. The van der Waals surface area contributed by atoms with E-state index < -0.39 is 9.84 Å². The molecule has 94 valence electrons. The van der Waals surface area contributed by atoms with Crippen LogP contribution in [0.4, 0.5) is 0 Å². The summed E-state index contributed by atoms with van der Waals surface area (Å²) >= 11 is 5.80. The van der Waals surface area contributed by atoms with Gasteiger partial charge in [0.05, 0.1) is 11.5 Å². The Morgan fingerprint density at radius 1 is 1.18 bits per heavy atom. The summed E-state index contributed by atoms with van der Waals surface area (Å²) < 4.78 is 22.5. The number of hydrogen-bond acceptors (Lipinski definition) is 3. The second-order valence-electron chi connectivity index (χ2n) is 4.43. The van der Waals surface area contributed by atoms with Crippen LogP contribution in [0.25, 0.3) is 0 Å². The molecule has 3 nitrogen and oxygen atoms in total. The molecule has 1 saturated heterocycles. The third kappa shape index (κ3) is 3.98. The molecule has 1 aromatic rings. The summed E-state index contributed by atoms with van der Waals surface area (Å²) in [4.78, 5) is 0. The molecule has 0 spiro atoms. The Balaban J connectivity index is 1.81. The Bertz CT molecular complexity index is 456. The quantitative estimate of drug-likeness (QED) is 0.916. The van der Waals surface area contributed by atoms with E-state index in [4.69, 9.17) is 11.6 Å². The summed E-state index contributed by atoms with van der Waals surface area (Å²) in [6.45, 7) is 0.766. The molecule has 1 aliphatic heterocycles. The number of hydrogen-bond donors (Lipinski definition) is 1. The largest absolute Gasteiger partial charge is 0.310 e. The van der Waals surface area contributed by atoms with Crippen molar-refractivity contribution in [3.8, 4) is 0 Å². The van der Waals surface area contributed by atoms with E-state index in [0.29, 0.717) is 17.5 Å². The second-order valence-corrected chi connectivity index (χ2v) is 7.17. The number of nitrogens with one attached hydrogen (secondary N) is 1. The van der Waals surface area contributed by atoms with E-state index in [1.54, 1.807) is 0 Å². The average molecular weight is 274 g/mol. The Kier molecular flexibility index (Phi) is 4.07. The maximum atomic E-state index is 11.3. The number of sulfone groups is 1. The van der Waals surface area contributed by atoms with Crippen molar-refractivity contribution >= 4 is 21.4 Å².